The van der Waals surface area contributed by atoms with Crippen molar-refractivity contribution in [1.29, 1.82) is 0 Å². The second-order valence-corrected chi connectivity index (χ2v) is 4.77. The Balaban J connectivity index is 1.87. The lowest BCUT2D eigenvalue weighted by Crippen LogP contribution is -2.30. The van der Waals surface area contributed by atoms with Gasteiger partial charge in [0.2, 0.25) is 0 Å². The Labute approximate surface area is 111 Å². The Kier molecular flexibility index (Phi) is 4.74. The van der Waals surface area contributed by atoms with Gasteiger partial charge in [0.05, 0.1) is 6.10 Å². The van der Waals surface area contributed by atoms with E-state index in [0.29, 0.717) is 24.9 Å². The topological polar surface area (TPSA) is 58.6 Å². The molecular formula is C14H18FNO3. The van der Waals surface area contributed by atoms with Crippen LogP contribution in [0.3, 0.4) is 0 Å². The number of aliphatic hydroxyl groups is 1. The summed E-state index contributed by atoms with van der Waals surface area (Å²) in [6, 6.07) is 8.86. The van der Waals surface area contributed by atoms with Gasteiger partial charge in [-0.2, -0.15) is 0 Å². The fourth-order valence-corrected chi connectivity index (χ4v) is 2.20. The molecule has 1 amide bonds. The van der Waals surface area contributed by atoms with Crippen LogP contribution in [0.2, 0.25) is 0 Å². The first kappa shape index (κ1) is 13.8. The quantitative estimate of drug-likeness (QED) is 0.810. The third-order valence-electron chi connectivity index (χ3n) is 3.21. The molecule has 2 rings (SSSR count). The molecule has 2 N–H and O–H groups in total. The van der Waals surface area contributed by atoms with Crippen molar-refractivity contribution in [1.82, 2.24) is 0 Å². The van der Waals surface area contributed by atoms with Crippen molar-refractivity contribution >= 4 is 11.8 Å². The Morgan fingerprint density at radius 2 is 2.05 bits per heavy atom. The van der Waals surface area contributed by atoms with Crippen molar-refractivity contribution in [2.45, 2.75) is 44.1 Å². The van der Waals surface area contributed by atoms with Crippen LogP contribution in [0, 0.1) is 0 Å². The van der Waals surface area contributed by atoms with E-state index in [9.17, 15) is 14.3 Å². The lowest BCUT2D eigenvalue weighted by atomic mass is 10.1. The van der Waals surface area contributed by atoms with Crippen molar-refractivity contribution in [3.63, 3.8) is 0 Å². The molecule has 5 heteroatoms. The van der Waals surface area contributed by atoms with Gasteiger partial charge in [0.25, 0.3) is 0 Å². The summed E-state index contributed by atoms with van der Waals surface area (Å²) in [5.74, 6) is 0. The van der Waals surface area contributed by atoms with E-state index in [1.165, 1.54) is 0 Å². The predicted octanol–water partition coefficient (Wildman–Crippen LogP) is 2.88. The molecule has 1 fully saturated rings. The van der Waals surface area contributed by atoms with Gasteiger partial charge in [-0.15, -0.1) is 0 Å². The number of ether oxygens (including phenoxy) is 1. The number of anilines is 1. The third kappa shape index (κ3) is 4.21. The van der Waals surface area contributed by atoms with Crippen molar-refractivity contribution < 1.29 is 19.0 Å². The first-order valence-electron chi connectivity index (χ1n) is 6.50. The highest BCUT2D eigenvalue weighted by atomic mass is 19.1. The summed E-state index contributed by atoms with van der Waals surface area (Å²) in [6.07, 6.45) is -1.69. The monoisotopic (exact) mass is 267 g/mol. The summed E-state index contributed by atoms with van der Waals surface area (Å²) in [7, 11) is 0. The zero-order valence-electron chi connectivity index (χ0n) is 10.6. The van der Waals surface area contributed by atoms with Crippen molar-refractivity contribution in [2.24, 2.45) is 0 Å². The van der Waals surface area contributed by atoms with Gasteiger partial charge in [0, 0.05) is 12.1 Å². The van der Waals surface area contributed by atoms with Crippen LogP contribution in [0.1, 0.15) is 25.7 Å². The number of aliphatic hydroxyl groups excluding tert-OH is 1. The van der Waals surface area contributed by atoms with E-state index in [2.05, 4.69) is 5.32 Å². The van der Waals surface area contributed by atoms with E-state index in [-0.39, 0.29) is 6.42 Å². The number of carbonyl (C=O) groups excluding carboxylic acids is 1. The summed E-state index contributed by atoms with van der Waals surface area (Å²) in [5, 5.41) is 12.0. The van der Waals surface area contributed by atoms with E-state index < -0.39 is 24.5 Å². The number of para-hydroxylation sites is 1. The fraction of sp³-hybridized carbons (Fsp3) is 0.500. The predicted molar refractivity (Wildman–Crippen MR) is 69.7 cm³/mol. The fourth-order valence-electron chi connectivity index (χ4n) is 2.20. The number of carbonyl (C=O) groups is 1. The van der Waals surface area contributed by atoms with Crippen LogP contribution in [0.4, 0.5) is 14.9 Å². The minimum absolute atomic E-state index is 0.0310. The van der Waals surface area contributed by atoms with Gasteiger partial charge in [0.15, 0.2) is 0 Å². The molecule has 1 aliphatic carbocycles. The third-order valence-corrected chi connectivity index (χ3v) is 3.21. The average molecular weight is 267 g/mol. The highest BCUT2D eigenvalue weighted by molar-refractivity contribution is 5.84. The van der Waals surface area contributed by atoms with Crippen LogP contribution < -0.4 is 5.32 Å². The standard InChI is InChI=1S/C14H18FNO3/c15-12-9-11(17)7-4-8-13(12)19-14(18)16-10-5-2-1-3-6-10/h1-3,5-6,11-13,17H,4,7-9H2,(H,16,18)/t11-,12+,13+/m1/s1. The molecule has 0 aliphatic heterocycles. The molecule has 1 aliphatic rings. The number of halogens is 1. The number of rotatable bonds is 2. The van der Waals surface area contributed by atoms with E-state index in [4.69, 9.17) is 4.74 Å². The number of alkyl halides is 1. The maximum atomic E-state index is 13.8. The lowest BCUT2D eigenvalue weighted by Gasteiger charge is -2.19. The van der Waals surface area contributed by atoms with Crippen molar-refractivity contribution in [3.05, 3.63) is 30.3 Å². The van der Waals surface area contributed by atoms with Gasteiger partial charge in [-0.1, -0.05) is 18.2 Å². The molecule has 1 saturated carbocycles. The number of benzene rings is 1. The Morgan fingerprint density at radius 3 is 2.79 bits per heavy atom. The van der Waals surface area contributed by atoms with Gasteiger partial charge in [-0.3, -0.25) is 5.32 Å². The number of hydrogen-bond donors (Lipinski definition) is 2. The smallest absolute Gasteiger partial charge is 0.411 e. The van der Waals surface area contributed by atoms with E-state index >= 15 is 0 Å². The normalized spacial score (nSPS) is 27.4. The molecule has 1 aromatic rings. The maximum Gasteiger partial charge on any atom is 0.411 e. The summed E-state index contributed by atoms with van der Waals surface area (Å²) in [6.45, 7) is 0. The number of nitrogens with one attached hydrogen (secondary N) is 1. The number of amides is 1. The van der Waals surface area contributed by atoms with Crippen LogP contribution in [0.25, 0.3) is 0 Å². The highest BCUT2D eigenvalue weighted by Crippen LogP contribution is 2.24. The van der Waals surface area contributed by atoms with Crippen LogP contribution in [0.15, 0.2) is 30.3 Å². The Hall–Kier alpha value is -1.62. The first-order valence-corrected chi connectivity index (χ1v) is 6.50. The maximum absolute atomic E-state index is 13.8. The van der Waals surface area contributed by atoms with Crippen LogP contribution in [-0.4, -0.2) is 29.6 Å². The molecule has 0 spiro atoms. The zero-order chi connectivity index (χ0) is 13.7. The number of hydrogen-bond acceptors (Lipinski definition) is 3. The van der Waals surface area contributed by atoms with Gasteiger partial charge in [-0.05, 0) is 31.4 Å². The van der Waals surface area contributed by atoms with Crippen LogP contribution >= 0.6 is 0 Å². The largest absolute Gasteiger partial charge is 0.443 e. The van der Waals surface area contributed by atoms with E-state index in [1.807, 2.05) is 6.07 Å². The highest BCUT2D eigenvalue weighted by Gasteiger charge is 2.30. The van der Waals surface area contributed by atoms with Crippen LogP contribution in [0.5, 0.6) is 0 Å². The zero-order valence-corrected chi connectivity index (χ0v) is 10.6. The summed E-state index contributed by atoms with van der Waals surface area (Å²) < 4.78 is 18.9. The molecule has 0 saturated heterocycles. The van der Waals surface area contributed by atoms with Gasteiger partial charge >= 0.3 is 6.09 Å². The molecule has 0 unspecified atom stereocenters. The minimum Gasteiger partial charge on any atom is -0.443 e. The molecule has 0 aromatic heterocycles. The first-order chi connectivity index (χ1) is 9.15. The molecule has 0 bridgehead atoms. The van der Waals surface area contributed by atoms with Gasteiger partial charge < -0.3 is 9.84 Å². The summed E-state index contributed by atoms with van der Waals surface area (Å²) in [4.78, 5) is 11.7. The van der Waals surface area contributed by atoms with Gasteiger partial charge in [-0.25, -0.2) is 9.18 Å². The molecule has 1 aromatic carbocycles. The Morgan fingerprint density at radius 1 is 1.32 bits per heavy atom. The van der Waals surface area contributed by atoms with E-state index in [0.717, 1.165) is 0 Å². The Bertz CT molecular complexity index is 412. The summed E-state index contributed by atoms with van der Waals surface area (Å²) >= 11 is 0. The molecule has 0 heterocycles. The molecule has 19 heavy (non-hydrogen) atoms. The summed E-state index contributed by atoms with van der Waals surface area (Å²) in [5.41, 5.74) is 0.608. The average Bonchev–Trinajstić information content (AvgIpc) is 2.52. The van der Waals surface area contributed by atoms with Crippen LogP contribution in [-0.2, 0) is 4.74 Å². The molecule has 0 radical (unpaired) electrons. The second kappa shape index (κ2) is 6.52. The van der Waals surface area contributed by atoms with Crippen molar-refractivity contribution in [3.8, 4) is 0 Å². The second-order valence-electron chi connectivity index (χ2n) is 4.77. The SMILES string of the molecule is O=C(Nc1ccccc1)O[C@H]1CCC[C@@H](O)C[C@@H]1F. The molecule has 3 atom stereocenters. The van der Waals surface area contributed by atoms with E-state index in [1.54, 1.807) is 24.3 Å². The lowest BCUT2D eigenvalue weighted by molar-refractivity contribution is 0.0355. The molecule has 104 valence electrons. The molecular weight excluding hydrogens is 249 g/mol. The van der Waals surface area contributed by atoms with Crippen molar-refractivity contribution in [2.75, 3.05) is 5.32 Å². The molecule has 4 nitrogen and oxygen atoms in total. The van der Waals surface area contributed by atoms with Gasteiger partial charge in [0.1, 0.15) is 12.3 Å². The minimum atomic E-state index is -1.31.